The third-order valence-corrected chi connectivity index (χ3v) is 4.52. The van der Waals surface area contributed by atoms with Crippen LogP contribution < -0.4 is 10.2 Å². The van der Waals surface area contributed by atoms with Crippen LogP contribution in [0.25, 0.3) is 0 Å². The average molecular weight is 355 g/mol. The van der Waals surface area contributed by atoms with Crippen LogP contribution in [0.1, 0.15) is 23.1 Å². The molecular weight excluding hydrogens is 330 g/mol. The van der Waals surface area contributed by atoms with Gasteiger partial charge in [0.25, 0.3) is 0 Å². The van der Waals surface area contributed by atoms with Crippen molar-refractivity contribution in [1.29, 1.82) is 0 Å². The van der Waals surface area contributed by atoms with Crippen molar-refractivity contribution in [3.8, 4) is 0 Å². The van der Waals surface area contributed by atoms with E-state index in [0.717, 1.165) is 44.2 Å². The minimum Gasteiger partial charge on any atom is -0.465 e. The Morgan fingerprint density at radius 1 is 1.19 bits per heavy atom. The fourth-order valence-electron chi connectivity index (χ4n) is 3.06. The van der Waals surface area contributed by atoms with Gasteiger partial charge >= 0.3 is 5.97 Å². The maximum absolute atomic E-state index is 11.7. The zero-order chi connectivity index (χ0) is 18.5. The molecule has 7 nitrogen and oxygen atoms in total. The molecule has 1 saturated heterocycles. The van der Waals surface area contributed by atoms with Gasteiger partial charge in [0.15, 0.2) is 0 Å². The van der Waals surface area contributed by atoms with Crippen LogP contribution in [0.4, 0.5) is 17.3 Å². The number of carbonyl (C=O) groups excluding carboxylic acids is 1. The molecule has 0 spiro atoms. The summed E-state index contributed by atoms with van der Waals surface area (Å²) in [6, 6.07) is 9.14. The standard InChI is InChI=1S/C19H25N5O2/c1-4-23-8-10-24(11-9-23)18-13-17(20-14(2)21-18)22-16-7-5-6-15(12-16)19(25)26-3/h5-7,12-13H,4,8-11H2,1-3H3,(H,20,21,22). The molecule has 1 aliphatic rings. The highest BCUT2D eigenvalue weighted by molar-refractivity contribution is 5.90. The van der Waals surface area contributed by atoms with E-state index in [4.69, 9.17) is 4.74 Å². The van der Waals surface area contributed by atoms with Crippen LogP contribution in [0.5, 0.6) is 0 Å². The summed E-state index contributed by atoms with van der Waals surface area (Å²) >= 11 is 0. The third-order valence-electron chi connectivity index (χ3n) is 4.52. The molecule has 138 valence electrons. The molecule has 1 N–H and O–H groups in total. The topological polar surface area (TPSA) is 70.6 Å². The SMILES string of the molecule is CCN1CCN(c2cc(Nc3cccc(C(=O)OC)c3)nc(C)n2)CC1. The minimum absolute atomic E-state index is 0.359. The van der Waals surface area contributed by atoms with Gasteiger partial charge in [-0.05, 0) is 31.7 Å². The fourth-order valence-corrected chi connectivity index (χ4v) is 3.06. The van der Waals surface area contributed by atoms with Gasteiger partial charge in [-0.2, -0.15) is 0 Å². The normalized spacial score (nSPS) is 15.0. The number of rotatable bonds is 5. The molecule has 0 saturated carbocycles. The number of nitrogens with one attached hydrogen (secondary N) is 1. The van der Waals surface area contributed by atoms with Crippen LogP contribution in [0.2, 0.25) is 0 Å². The Hall–Kier alpha value is -2.67. The molecule has 1 aromatic heterocycles. The Labute approximate surface area is 154 Å². The van der Waals surface area contributed by atoms with E-state index in [1.54, 1.807) is 12.1 Å². The van der Waals surface area contributed by atoms with E-state index >= 15 is 0 Å². The van der Waals surface area contributed by atoms with Crippen molar-refractivity contribution in [2.75, 3.05) is 50.1 Å². The van der Waals surface area contributed by atoms with Crippen molar-refractivity contribution in [3.63, 3.8) is 0 Å². The number of hydrogen-bond acceptors (Lipinski definition) is 7. The van der Waals surface area contributed by atoms with Crippen molar-refractivity contribution < 1.29 is 9.53 Å². The van der Waals surface area contributed by atoms with E-state index in [-0.39, 0.29) is 5.97 Å². The monoisotopic (exact) mass is 355 g/mol. The molecule has 7 heteroatoms. The first-order valence-corrected chi connectivity index (χ1v) is 8.87. The highest BCUT2D eigenvalue weighted by Crippen LogP contribution is 2.21. The Morgan fingerprint density at radius 3 is 2.65 bits per heavy atom. The predicted molar refractivity (Wildman–Crippen MR) is 102 cm³/mol. The summed E-state index contributed by atoms with van der Waals surface area (Å²) in [5.74, 6) is 2.00. The average Bonchev–Trinajstić information content (AvgIpc) is 2.67. The molecule has 0 amide bonds. The number of aryl methyl sites for hydroxylation is 1. The van der Waals surface area contributed by atoms with Gasteiger partial charge in [-0.15, -0.1) is 0 Å². The van der Waals surface area contributed by atoms with E-state index in [2.05, 4.69) is 32.0 Å². The minimum atomic E-state index is -0.359. The van der Waals surface area contributed by atoms with Crippen LogP contribution in [0.3, 0.4) is 0 Å². The number of likely N-dealkylation sites (N-methyl/N-ethyl adjacent to an activating group) is 1. The molecule has 1 fully saturated rings. The highest BCUT2D eigenvalue weighted by atomic mass is 16.5. The first-order chi connectivity index (χ1) is 12.6. The van der Waals surface area contributed by atoms with E-state index in [1.165, 1.54) is 7.11 Å². The number of hydrogen-bond donors (Lipinski definition) is 1. The number of carbonyl (C=O) groups is 1. The number of piperazine rings is 1. The lowest BCUT2D eigenvalue weighted by Crippen LogP contribution is -2.46. The van der Waals surface area contributed by atoms with Crippen LogP contribution in [0.15, 0.2) is 30.3 Å². The largest absolute Gasteiger partial charge is 0.465 e. The zero-order valence-electron chi connectivity index (χ0n) is 15.5. The molecule has 1 aliphatic heterocycles. The first-order valence-electron chi connectivity index (χ1n) is 8.87. The Kier molecular flexibility index (Phi) is 5.68. The second-order valence-electron chi connectivity index (χ2n) is 6.28. The van der Waals surface area contributed by atoms with Crippen molar-refractivity contribution in [1.82, 2.24) is 14.9 Å². The molecule has 0 aliphatic carbocycles. The van der Waals surface area contributed by atoms with Crippen molar-refractivity contribution in [2.45, 2.75) is 13.8 Å². The van der Waals surface area contributed by atoms with Crippen molar-refractivity contribution >= 4 is 23.3 Å². The van der Waals surface area contributed by atoms with Crippen molar-refractivity contribution in [2.24, 2.45) is 0 Å². The Morgan fingerprint density at radius 2 is 1.96 bits per heavy atom. The third kappa shape index (κ3) is 4.29. The lowest BCUT2D eigenvalue weighted by molar-refractivity contribution is 0.0601. The molecule has 0 bridgehead atoms. The maximum atomic E-state index is 11.7. The first kappa shape index (κ1) is 18.1. The van der Waals surface area contributed by atoms with Gasteiger partial charge in [-0.1, -0.05) is 13.0 Å². The van der Waals surface area contributed by atoms with Crippen molar-refractivity contribution in [3.05, 3.63) is 41.7 Å². The van der Waals surface area contributed by atoms with E-state index in [0.29, 0.717) is 17.2 Å². The number of nitrogens with zero attached hydrogens (tertiary/aromatic N) is 4. The zero-order valence-corrected chi connectivity index (χ0v) is 15.5. The van der Waals surface area contributed by atoms with Gasteiger partial charge in [0.05, 0.1) is 12.7 Å². The van der Waals surface area contributed by atoms with Gasteiger partial charge < -0.3 is 19.9 Å². The predicted octanol–water partition coefficient (Wildman–Crippen LogP) is 2.46. The van der Waals surface area contributed by atoms with E-state index in [1.807, 2.05) is 25.1 Å². The Balaban J connectivity index is 1.77. The molecule has 0 atom stereocenters. The van der Waals surface area contributed by atoms with Gasteiger partial charge in [0, 0.05) is 37.9 Å². The van der Waals surface area contributed by atoms with Crippen LogP contribution in [-0.2, 0) is 4.74 Å². The number of ether oxygens (including phenoxy) is 1. The number of esters is 1. The van der Waals surface area contributed by atoms with E-state index in [9.17, 15) is 4.79 Å². The molecule has 0 unspecified atom stereocenters. The van der Waals surface area contributed by atoms with Gasteiger partial charge in [0.2, 0.25) is 0 Å². The fraction of sp³-hybridized carbons (Fsp3) is 0.421. The lowest BCUT2D eigenvalue weighted by Gasteiger charge is -2.34. The molecule has 3 rings (SSSR count). The molecule has 0 radical (unpaired) electrons. The van der Waals surface area contributed by atoms with Gasteiger partial charge in [0.1, 0.15) is 17.5 Å². The van der Waals surface area contributed by atoms with Crippen LogP contribution in [-0.4, -0.2) is 60.7 Å². The summed E-state index contributed by atoms with van der Waals surface area (Å²) in [6.07, 6.45) is 0. The summed E-state index contributed by atoms with van der Waals surface area (Å²) in [5, 5.41) is 3.27. The second-order valence-corrected chi connectivity index (χ2v) is 6.28. The van der Waals surface area contributed by atoms with Crippen LogP contribution in [0, 0.1) is 6.92 Å². The number of aromatic nitrogens is 2. The van der Waals surface area contributed by atoms with Gasteiger partial charge in [-0.25, -0.2) is 14.8 Å². The summed E-state index contributed by atoms with van der Waals surface area (Å²) in [7, 11) is 1.38. The second kappa shape index (κ2) is 8.14. The van der Waals surface area contributed by atoms with E-state index < -0.39 is 0 Å². The molecule has 26 heavy (non-hydrogen) atoms. The molecule has 2 aromatic rings. The smallest absolute Gasteiger partial charge is 0.337 e. The number of methoxy groups -OCH3 is 1. The summed E-state index contributed by atoms with van der Waals surface area (Å²) in [4.78, 5) is 25.5. The number of benzene rings is 1. The molecular formula is C19H25N5O2. The summed E-state index contributed by atoms with van der Waals surface area (Å²) in [5.41, 5.74) is 1.28. The molecule has 2 heterocycles. The highest BCUT2D eigenvalue weighted by Gasteiger charge is 2.18. The van der Waals surface area contributed by atoms with Gasteiger partial charge in [-0.3, -0.25) is 0 Å². The lowest BCUT2D eigenvalue weighted by atomic mass is 10.2. The summed E-state index contributed by atoms with van der Waals surface area (Å²) < 4.78 is 4.77. The summed E-state index contributed by atoms with van der Waals surface area (Å²) in [6.45, 7) is 9.17. The quantitative estimate of drug-likeness (QED) is 0.826. The van der Waals surface area contributed by atoms with Crippen LogP contribution >= 0.6 is 0 Å². The maximum Gasteiger partial charge on any atom is 0.337 e. The molecule has 1 aromatic carbocycles. The Bertz CT molecular complexity index is 772. The number of anilines is 3.